The monoisotopic (exact) mass is 296 g/mol. The molecule has 20 heavy (non-hydrogen) atoms. The van der Waals surface area contributed by atoms with Crippen LogP contribution < -0.4 is 10.1 Å². The molecule has 0 spiro atoms. The van der Waals surface area contributed by atoms with Gasteiger partial charge in [0.2, 0.25) is 0 Å². The first-order valence-corrected chi connectivity index (χ1v) is 6.72. The number of rotatable bonds is 5. The second-order valence-electron chi connectivity index (χ2n) is 4.14. The van der Waals surface area contributed by atoms with Crippen molar-refractivity contribution in [2.45, 2.75) is 13.0 Å². The third kappa shape index (κ3) is 2.88. The van der Waals surface area contributed by atoms with Gasteiger partial charge in [0.05, 0.1) is 29.8 Å². The Labute approximate surface area is 119 Å². The Morgan fingerprint density at radius 1 is 1.50 bits per heavy atom. The molecule has 1 aromatic carbocycles. The summed E-state index contributed by atoms with van der Waals surface area (Å²) in [4.78, 5) is 11.2. The van der Waals surface area contributed by atoms with E-state index in [1.807, 2.05) is 24.4 Å². The molecule has 0 aliphatic carbocycles. The molecule has 5 nitrogen and oxygen atoms in total. The van der Waals surface area contributed by atoms with E-state index in [0.717, 1.165) is 10.9 Å². The Balaban J connectivity index is 2.30. The second-order valence-corrected chi connectivity index (χ2v) is 5.12. The smallest absolute Gasteiger partial charge is 0.313 e. The fourth-order valence-electron chi connectivity index (χ4n) is 1.80. The van der Waals surface area contributed by atoms with Crippen molar-refractivity contribution in [2.75, 3.05) is 12.4 Å². The second kappa shape index (κ2) is 5.87. The molecule has 0 aliphatic heterocycles. The highest BCUT2D eigenvalue weighted by Crippen LogP contribution is 2.34. The van der Waals surface area contributed by atoms with E-state index in [1.165, 1.54) is 13.2 Å². The molecule has 2 aromatic rings. The molecule has 7 heteroatoms. The van der Waals surface area contributed by atoms with Crippen molar-refractivity contribution >= 4 is 22.7 Å². The maximum absolute atomic E-state index is 13.9. The molecule has 1 aromatic heterocycles. The average molecular weight is 296 g/mol. The molecule has 1 atom stereocenters. The van der Waals surface area contributed by atoms with Crippen LogP contribution in [-0.2, 0) is 0 Å². The lowest BCUT2D eigenvalue weighted by atomic mass is 10.2. The van der Waals surface area contributed by atoms with Gasteiger partial charge in [-0.15, -0.1) is 11.3 Å². The van der Waals surface area contributed by atoms with Crippen molar-refractivity contribution in [1.29, 1.82) is 0 Å². The molecular formula is C13H13FN2O3S. The van der Waals surface area contributed by atoms with Crippen molar-refractivity contribution in [1.82, 2.24) is 0 Å². The van der Waals surface area contributed by atoms with Crippen LogP contribution in [0.2, 0.25) is 0 Å². The van der Waals surface area contributed by atoms with E-state index in [-0.39, 0.29) is 23.2 Å². The number of thiophene rings is 1. The maximum atomic E-state index is 13.9. The standard InChI is InChI=1S/C13H13FN2O3S/c1-8(13-4-3-5-20-13)15-10-7-12(19-2)11(16(17)18)6-9(10)14/h3-8,15H,1-2H3. The lowest BCUT2D eigenvalue weighted by Crippen LogP contribution is -2.07. The Morgan fingerprint density at radius 3 is 2.80 bits per heavy atom. The number of hydrogen-bond acceptors (Lipinski definition) is 5. The van der Waals surface area contributed by atoms with E-state index < -0.39 is 10.7 Å². The maximum Gasteiger partial charge on any atom is 0.313 e. The lowest BCUT2D eigenvalue weighted by Gasteiger charge is -2.15. The third-order valence-electron chi connectivity index (χ3n) is 2.81. The normalized spacial score (nSPS) is 11.9. The SMILES string of the molecule is COc1cc(NC(C)c2cccs2)c(F)cc1[N+](=O)[O-]. The summed E-state index contributed by atoms with van der Waals surface area (Å²) in [5.74, 6) is -0.654. The van der Waals surface area contributed by atoms with E-state index in [4.69, 9.17) is 4.74 Å². The number of ether oxygens (including phenoxy) is 1. The van der Waals surface area contributed by atoms with Gasteiger partial charge in [-0.1, -0.05) is 6.07 Å². The van der Waals surface area contributed by atoms with Crippen molar-refractivity contribution in [3.05, 3.63) is 50.5 Å². The van der Waals surface area contributed by atoms with Crippen molar-refractivity contribution in [2.24, 2.45) is 0 Å². The van der Waals surface area contributed by atoms with Crippen LogP contribution in [0.1, 0.15) is 17.8 Å². The molecule has 1 heterocycles. The molecule has 106 valence electrons. The van der Waals surface area contributed by atoms with Crippen LogP contribution in [0.25, 0.3) is 0 Å². The Morgan fingerprint density at radius 2 is 2.25 bits per heavy atom. The van der Waals surface area contributed by atoms with Crippen LogP contribution in [0.5, 0.6) is 5.75 Å². The summed E-state index contributed by atoms with van der Waals surface area (Å²) in [6.07, 6.45) is 0. The predicted molar refractivity (Wildman–Crippen MR) is 76.0 cm³/mol. The first kappa shape index (κ1) is 14.3. The molecule has 2 rings (SSSR count). The summed E-state index contributed by atoms with van der Waals surface area (Å²) in [5.41, 5.74) is -0.215. The van der Waals surface area contributed by atoms with Crippen LogP contribution in [-0.4, -0.2) is 12.0 Å². The van der Waals surface area contributed by atoms with E-state index in [2.05, 4.69) is 5.32 Å². The van der Waals surface area contributed by atoms with Crippen molar-refractivity contribution < 1.29 is 14.1 Å². The first-order valence-electron chi connectivity index (χ1n) is 5.84. The molecule has 0 bridgehead atoms. The third-order valence-corrected chi connectivity index (χ3v) is 3.86. The van der Waals surface area contributed by atoms with E-state index in [1.54, 1.807) is 11.3 Å². The quantitative estimate of drug-likeness (QED) is 0.669. The zero-order valence-corrected chi connectivity index (χ0v) is 11.7. The van der Waals surface area contributed by atoms with Crippen LogP contribution in [0.15, 0.2) is 29.6 Å². The van der Waals surface area contributed by atoms with E-state index >= 15 is 0 Å². The zero-order valence-electron chi connectivity index (χ0n) is 10.9. The number of methoxy groups -OCH3 is 1. The Kier molecular flexibility index (Phi) is 4.19. The summed E-state index contributed by atoms with van der Waals surface area (Å²) in [5, 5.41) is 15.7. The summed E-state index contributed by atoms with van der Waals surface area (Å²) < 4.78 is 18.8. The minimum Gasteiger partial charge on any atom is -0.490 e. The van der Waals surface area contributed by atoms with Gasteiger partial charge < -0.3 is 10.1 Å². The highest BCUT2D eigenvalue weighted by atomic mass is 32.1. The van der Waals surface area contributed by atoms with E-state index in [0.29, 0.717) is 0 Å². The van der Waals surface area contributed by atoms with Gasteiger partial charge in [0.25, 0.3) is 0 Å². The van der Waals surface area contributed by atoms with Gasteiger partial charge in [-0.3, -0.25) is 10.1 Å². The molecule has 0 saturated heterocycles. The van der Waals surface area contributed by atoms with Gasteiger partial charge in [-0.05, 0) is 18.4 Å². The molecule has 0 fully saturated rings. The summed E-state index contributed by atoms with van der Waals surface area (Å²) in [6, 6.07) is 5.91. The number of nitrogens with one attached hydrogen (secondary N) is 1. The minimum absolute atomic E-state index is 0.0253. The number of nitro groups is 1. The molecule has 1 N–H and O–H groups in total. The summed E-state index contributed by atoms with van der Waals surface area (Å²) in [6.45, 7) is 1.89. The number of halogens is 1. The van der Waals surface area contributed by atoms with Crippen LogP contribution in [0, 0.1) is 15.9 Å². The van der Waals surface area contributed by atoms with E-state index in [9.17, 15) is 14.5 Å². The largest absolute Gasteiger partial charge is 0.490 e. The Hall–Kier alpha value is -2.15. The van der Waals surface area contributed by atoms with Crippen molar-refractivity contribution in [3.8, 4) is 5.75 Å². The fraction of sp³-hybridized carbons (Fsp3) is 0.231. The van der Waals surface area contributed by atoms with Gasteiger partial charge >= 0.3 is 5.69 Å². The predicted octanol–water partition coefficient (Wildman–Crippen LogP) is 3.98. The topological polar surface area (TPSA) is 64.4 Å². The summed E-state index contributed by atoms with van der Waals surface area (Å²) >= 11 is 1.55. The van der Waals surface area contributed by atoms with Gasteiger partial charge in [0.1, 0.15) is 0 Å². The molecule has 0 saturated carbocycles. The Bertz CT molecular complexity index is 616. The minimum atomic E-state index is -0.680. The first-order chi connectivity index (χ1) is 9.52. The number of anilines is 1. The average Bonchev–Trinajstić information content (AvgIpc) is 2.94. The molecule has 1 unspecified atom stereocenters. The lowest BCUT2D eigenvalue weighted by molar-refractivity contribution is -0.385. The molecule has 0 radical (unpaired) electrons. The number of nitrogens with zero attached hydrogens (tertiary/aromatic N) is 1. The highest BCUT2D eigenvalue weighted by molar-refractivity contribution is 7.10. The van der Waals surface area contributed by atoms with Gasteiger partial charge in [-0.2, -0.15) is 0 Å². The van der Waals surface area contributed by atoms with Crippen LogP contribution >= 0.6 is 11.3 Å². The van der Waals surface area contributed by atoms with Gasteiger partial charge in [-0.25, -0.2) is 4.39 Å². The molecule has 0 amide bonds. The highest BCUT2D eigenvalue weighted by Gasteiger charge is 2.20. The number of nitro benzene ring substituents is 1. The van der Waals surface area contributed by atoms with Crippen molar-refractivity contribution in [3.63, 3.8) is 0 Å². The number of benzene rings is 1. The summed E-state index contributed by atoms with van der Waals surface area (Å²) in [7, 11) is 1.31. The number of hydrogen-bond donors (Lipinski definition) is 1. The molecule has 0 aliphatic rings. The van der Waals surface area contributed by atoms with Crippen LogP contribution in [0.4, 0.5) is 15.8 Å². The van der Waals surface area contributed by atoms with Gasteiger partial charge in [0, 0.05) is 10.9 Å². The fourth-order valence-corrected chi connectivity index (χ4v) is 2.54. The van der Waals surface area contributed by atoms with Crippen LogP contribution in [0.3, 0.4) is 0 Å². The van der Waals surface area contributed by atoms with Gasteiger partial charge in [0.15, 0.2) is 11.6 Å². The molecular weight excluding hydrogens is 283 g/mol. The zero-order chi connectivity index (χ0) is 14.7.